The molecule has 0 saturated carbocycles. The summed E-state index contributed by atoms with van der Waals surface area (Å²) in [4.78, 5) is 23.1. The summed E-state index contributed by atoms with van der Waals surface area (Å²) < 4.78 is 0. The van der Waals surface area contributed by atoms with Gasteiger partial charge in [0.05, 0.1) is 6.54 Å². The molecule has 0 atom stereocenters. The van der Waals surface area contributed by atoms with Crippen molar-refractivity contribution in [1.82, 2.24) is 4.90 Å². The molecule has 0 radical (unpaired) electrons. The number of hydrogen-bond acceptors (Lipinski definition) is 3. The molecular weight excluding hydrogens is 196 g/mol. The molecule has 0 unspecified atom stereocenters. The van der Waals surface area contributed by atoms with Crippen LogP contribution in [0.2, 0.25) is 0 Å². The standard InChI is InChI=1S/C10H18N2O3/c1-3-8(10(14)15)5-6-12(4-2)7-9(11)13/h5H,3-4,6-7H2,1-2H3,(H2,11,13)(H,14,15)/b8-5-. The third kappa shape index (κ3) is 5.85. The molecule has 0 aliphatic carbocycles. The number of amides is 1. The molecule has 0 bridgehead atoms. The van der Waals surface area contributed by atoms with E-state index < -0.39 is 11.9 Å². The second kappa shape index (κ2) is 7.00. The van der Waals surface area contributed by atoms with Crippen LogP contribution in [0.3, 0.4) is 0 Å². The Labute approximate surface area is 89.6 Å². The van der Waals surface area contributed by atoms with Gasteiger partial charge in [-0.25, -0.2) is 4.79 Å². The second-order valence-corrected chi connectivity index (χ2v) is 3.18. The molecule has 0 aromatic heterocycles. The first-order valence-electron chi connectivity index (χ1n) is 4.94. The minimum atomic E-state index is -0.910. The Morgan fingerprint density at radius 3 is 2.33 bits per heavy atom. The summed E-state index contributed by atoms with van der Waals surface area (Å²) >= 11 is 0. The predicted octanol–water partition coefficient (Wildman–Crippen LogP) is 0.215. The van der Waals surface area contributed by atoms with E-state index in [9.17, 15) is 9.59 Å². The molecule has 86 valence electrons. The van der Waals surface area contributed by atoms with Crippen LogP contribution in [-0.4, -0.2) is 41.5 Å². The zero-order valence-corrected chi connectivity index (χ0v) is 9.19. The molecule has 0 saturated heterocycles. The molecule has 0 aromatic carbocycles. The van der Waals surface area contributed by atoms with Crippen molar-refractivity contribution in [2.24, 2.45) is 5.73 Å². The molecule has 0 heterocycles. The van der Waals surface area contributed by atoms with Crippen LogP contribution >= 0.6 is 0 Å². The summed E-state index contributed by atoms with van der Waals surface area (Å²) in [6.07, 6.45) is 2.10. The van der Waals surface area contributed by atoms with E-state index in [0.717, 1.165) is 0 Å². The topological polar surface area (TPSA) is 83.6 Å². The van der Waals surface area contributed by atoms with Crippen LogP contribution in [0.5, 0.6) is 0 Å². The zero-order valence-electron chi connectivity index (χ0n) is 9.19. The number of primary amides is 1. The molecule has 0 aliphatic heterocycles. The van der Waals surface area contributed by atoms with Crippen molar-refractivity contribution in [1.29, 1.82) is 0 Å². The van der Waals surface area contributed by atoms with E-state index in [-0.39, 0.29) is 6.54 Å². The summed E-state index contributed by atoms with van der Waals surface area (Å²) in [6, 6.07) is 0. The third-order valence-electron chi connectivity index (χ3n) is 2.08. The molecular formula is C10H18N2O3. The second-order valence-electron chi connectivity index (χ2n) is 3.18. The minimum Gasteiger partial charge on any atom is -0.478 e. The highest BCUT2D eigenvalue weighted by molar-refractivity contribution is 5.86. The molecule has 0 fully saturated rings. The van der Waals surface area contributed by atoms with Crippen LogP contribution in [0.25, 0.3) is 0 Å². The number of hydrogen-bond donors (Lipinski definition) is 2. The molecule has 1 amide bonds. The first-order valence-corrected chi connectivity index (χ1v) is 4.94. The fraction of sp³-hybridized carbons (Fsp3) is 0.600. The van der Waals surface area contributed by atoms with Crippen molar-refractivity contribution >= 4 is 11.9 Å². The lowest BCUT2D eigenvalue weighted by atomic mass is 10.2. The predicted molar refractivity (Wildman–Crippen MR) is 57.3 cm³/mol. The largest absolute Gasteiger partial charge is 0.478 e. The summed E-state index contributed by atoms with van der Waals surface area (Å²) in [5.74, 6) is -1.31. The number of carboxylic acid groups (broad SMARTS) is 1. The molecule has 0 aromatic rings. The van der Waals surface area contributed by atoms with Crippen molar-refractivity contribution in [3.63, 3.8) is 0 Å². The average Bonchev–Trinajstić information content (AvgIpc) is 2.15. The van der Waals surface area contributed by atoms with Crippen molar-refractivity contribution in [3.05, 3.63) is 11.6 Å². The fourth-order valence-electron chi connectivity index (χ4n) is 1.15. The third-order valence-corrected chi connectivity index (χ3v) is 2.08. The minimum absolute atomic E-state index is 0.156. The number of aliphatic carboxylic acids is 1. The number of rotatable bonds is 7. The normalized spacial score (nSPS) is 11.8. The molecule has 0 spiro atoms. The van der Waals surface area contributed by atoms with Crippen LogP contribution in [-0.2, 0) is 9.59 Å². The van der Waals surface area contributed by atoms with Gasteiger partial charge in [-0.15, -0.1) is 0 Å². The highest BCUT2D eigenvalue weighted by Crippen LogP contribution is 2.01. The van der Waals surface area contributed by atoms with Gasteiger partial charge in [0, 0.05) is 12.1 Å². The number of nitrogens with zero attached hydrogens (tertiary/aromatic N) is 1. The Hall–Kier alpha value is -1.36. The van der Waals surface area contributed by atoms with Gasteiger partial charge in [-0.2, -0.15) is 0 Å². The van der Waals surface area contributed by atoms with Gasteiger partial charge in [-0.05, 0) is 13.0 Å². The van der Waals surface area contributed by atoms with Crippen molar-refractivity contribution in [2.45, 2.75) is 20.3 Å². The van der Waals surface area contributed by atoms with Crippen molar-refractivity contribution < 1.29 is 14.7 Å². The molecule has 3 N–H and O–H groups in total. The fourth-order valence-corrected chi connectivity index (χ4v) is 1.15. The maximum atomic E-state index is 10.7. The van der Waals surface area contributed by atoms with Crippen LogP contribution in [0, 0.1) is 0 Å². The van der Waals surface area contributed by atoms with Crippen LogP contribution in [0.4, 0.5) is 0 Å². The first kappa shape index (κ1) is 13.6. The lowest BCUT2D eigenvalue weighted by Gasteiger charge is -2.16. The van der Waals surface area contributed by atoms with E-state index in [1.807, 2.05) is 6.92 Å². The Bertz CT molecular complexity index is 261. The van der Waals surface area contributed by atoms with Gasteiger partial charge < -0.3 is 10.8 Å². The molecule has 5 nitrogen and oxygen atoms in total. The summed E-state index contributed by atoms with van der Waals surface area (Å²) in [7, 11) is 0. The Morgan fingerprint density at radius 1 is 1.40 bits per heavy atom. The summed E-state index contributed by atoms with van der Waals surface area (Å²) in [5, 5.41) is 8.76. The number of likely N-dealkylation sites (N-methyl/N-ethyl adjacent to an activating group) is 1. The van der Waals surface area contributed by atoms with E-state index in [2.05, 4.69) is 0 Å². The maximum absolute atomic E-state index is 10.7. The van der Waals surface area contributed by atoms with E-state index in [1.54, 1.807) is 17.9 Å². The molecule has 5 heteroatoms. The lowest BCUT2D eigenvalue weighted by Crippen LogP contribution is -2.33. The monoisotopic (exact) mass is 214 g/mol. The van der Waals surface area contributed by atoms with Crippen molar-refractivity contribution in [3.8, 4) is 0 Å². The highest BCUT2D eigenvalue weighted by atomic mass is 16.4. The van der Waals surface area contributed by atoms with E-state index >= 15 is 0 Å². The van der Waals surface area contributed by atoms with Crippen molar-refractivity contribution in [2.75, 3.05) is 19.6 Å². The van der Waals surface area contributed by atoms with Gasteiger partial charge in [0.2, 0.25) is 5.91 Å². The van der Waals surface area contributed by atoms with Gasteiger partial charge in [0.1, 0.15) is 0 Å². The quantitative estimate of drug-likeness (QED) is 0.593. The average molecular weight is 214 g/mol. The van der Waals surface area contributed by atoms with Gasteiger partial charge in [-0.1, -0.05) is 19.9 Å². The molecule has 15 heavy (non-hydrogen) atoms. The van der Waals surface area contributed by atoms with E-state index in [1.165, 1.54) is 0 Å². The Balaban J connectivity index is 4.29. The van der Waals surface area contributed by atoms with Gasteiger partial charge in [-0.3, -0.25) is 9.69 Å². The van der Waals surface area contributed by atoms with Gasteiger partial charge in [0.25, 0.3) is 0 Å². The first-order chi connectivity index (χ1) is 7.01. The highest BCUT2D eigenvalue weighted by Gasteiger charge is 2.07. The Morgan fingerprint density at radius 2 is 2.00 bits per heavy atom. The molecule has 0 aliphatic rings. The van der Waals surface area contributed by atoms with Crippen LogP contribution < -0.4 is 5.73 Å². The smallest absolute Gasteiger partial charge is 0.331 e. The Kier molecular flexibility index (Phi) is 6.37. The lowest BCUT2D eigenvalue weighted by molar-refractivity contribution is -0.132. The number of nitrogens with two attached hydrogens (primary N) is 1. The van der Waals surface area contributed by atoms with Gasteiger partial charge in [0.15, 0.2) is 0 Å². The number of carbonyl (C=O) groups is 2. The summed E-state index contributed by atoms with van der Waals surface area (Å²) in [5.41, 5.74) is 5.41. The maximum Gasteiger partial charge on any atom is 0.331 e. The molecule has 0 rings (SSSR count). The SMILES string of the molecule is CC/C(=C/CN(CC)CC(N)=O)C(=O)O. The zero-order chi connectivity index (χ0) is 11.8. The summed E-state index contributed by atoms with van der Waals surface area (Å²) in [6.45, 7) is 4.93. The van der Waals surface area contributed by atoms with Crippen LogP contribution in [0.1, 0.15) is 20.3 Å². The number of carbonyl (C=O) groups excluding carboxylic acids is 1. The number of carboxylic acids is 1. The van der Waals surface area contributed by atoms with Crippen LogP contribution in [0.15, 0.2) is 11.6 Å². The van der Waals surface area contributed by atoms with E-state index in [4.69, 9.17) is 10.8 Å². The van der Waals surface area contributed by atoms with E-state index in [0.29, 0.717) is 25.1 Å². The van der Waals surface area contributed by atoms with Gasteiger partial charge >= 0.3 is 5.97 Å².